The Balaban J connectivity index is 1.42. The normalized spacial score (nSPS) is 16.9. The van der Waals surface area contributed by atoms with Crippen molar-refractivity contribution in [1.82, 2.24) is 20.1 Å². The highest BCUT2D eigenvalue weighted by Crippen LogP contribution is 2.21. The summed E-state index contributed by atoms with van der Waals surface area (Å²) in [6.07, 6.45) is 4.92. The van der Waals surface area contributed by atoms with Crippen LogP contribution in [0.1, 0.15) is 22.0 Å². The van der Waals surface area contributed by atoms with Gasteiger partial charge in [-0.2, -0.15) is 5.10 Å². The second-order valence-electron chi connectivity index (χ2n) is 6.15. The van der Waals surface area contributed by atoms with Crippen LogP contribution in [0.3, 0.4) is 0 Å². The van der Waals surface area contributed by atoms with Gasteiger partial charge in [0.05, 0.1) is 24.5 Å². The Morgan fingerprint density at radius 3 is 2.78 bits per heavy atom. The van der Waals surface area contributed by atoms with Crippen LogP contribution >= 0.6 is 15.9 Å². The number of nitrogens with zero attached hydrogens (tertiary/aromatic N) is 3. The predicted octanol–water partition coefficient (Wildman–Crippen LogP) is 2.94. The van der Waals surface area contributed by atoms with Crippen LogP contribution in [0.5, 0.6) is 0 Å². The number of aromatic nitrogens is 3. The van der Waals surface area contributed by atoms with E-state index in [4.69, 9.17) is 4.74 Å². The number of benzene rings is 1. The van der Waals surface area contributed by atoms with E-state index >= 15 is 0 Å². The van der Waals surface area contributed by atoms with Gasteiger partial charge in [0, 0.05) is 35.6 Å². The van der Waals surface area contributed by atoms with Crippen molar-refractivity contribution in [3.63, 3.8) is 0 Å². The van der Waals surface area contributed by atoms with Crippen LogP contribution in [0.25, 0.3) is 5.82 Å². The van der Waals surface area contributed by atoms with Crippen molar-refractivity contribution in [3.05, 3.63) is 70.6 Å². The number of anilines is 1. The molecule has 1 aromatic carbocycles. The van der Waals surface area contributed by atoms with E-state index in [1.54, 1.807) is 17.1 Å². The molecule has 1 saturated heterocycles. The summed E-state index contributed by atoms with van der Waals surface area (Å²) in [6.45, 7) is 2.39. The third-order valence-corrected chi connectivity index (χ3v) is 4.73. The second-order valence-corrected chi connectivity index (χ2v) is 7.06. The maximum absolute atomic E-state index is 12.5. The van der Waals surface area contributed by atoms with Gasteiger partial charge in [-0.15, -0.1) is 0 Å². The number of hydrogen-bond donors (Lipinski definition) is 2. The fraction of sp³-hybridized carbons (Fsp3) is 0.211. The molecule has 1 amide bonds. The summed E-state index contributed by atoms with van der Waals surface area (Å²) in [5.41, 5.74) is 2.28. The lowest BCUT2D eigenvalue weighted by atomic mass is 10.1. The number of ether oxygens (including phenoxy) is 1. The topological polar surface area (TPSA) is 81.1 Å². The zero-order valence-corrected chi connectivity index (χ0v) is 16.0. The van der Waals surface area contributed by atoms with Gasteiger partial charge in [0.2, 0.25) is 0 Å². The number of pyridine rings is 1. The van der Waals surface area contributed by atoms with E-state index in [1.807, 2.05) is 36.4 Å². The van der Waals surface area contributed by atoms with Gasteiger partial charge in [0.15, 0.2) is 5.82 Å². The zero-order chi connectivity index (χ0) is 18.6. The molecule has 2 aromatic heterocycles. The lowest BCUT2D eigenvalue weighted by Crippen LogP contribution is -2.33. The molecule has 0 bridgehead atoms. The van der Waals surface area contributed by atoms with Crippen molar-refractivity contribution in [2.75, 3.05) is 25.0 Å². The summed E-state index contributed by atoms with van der Waals surface area (Å²) in [7, 11) is 0. The molecular formula is C19H18BrN5O2. The molecule has 1 fully saturated rings. The smallest absolute Gasteiger partial charge is 0.258 e. The van der Waals surface area contributed by atoms with Gasteiger partial charge in [-0.05, 0) is 45.8 Å². The third-order valence-electron chi connectivity index (χ3n) is 4.26. The van der Waals surface area contributed by atoms with Crippen molar-refractivity contribution in [1.29, 1.82) is 0 Å². The SMILES string of the molecule is O=C(Nc1ccc(C2CNCCO2)cc1)c1cnn(-c2ccc(Br)cn2)c1. The summed E-state index contributed by atoms with van der Waals surface area (Å²) < 4.78 is 8.19. The second kappa shape index (κ2) is 7.99. The molecule has 8 heteroatoms. The molecule has 0 radical (unpaired) electrons. The van der Waals surface area contributed by atoms with Crippen LogP contribution < -0.4 is 10.6 Å². The maximum atomic E-state index is 12.5. The van der Waals surface area contributed by atoms with Crippen molar-refractivity contribution < 1.29 is 9.53 Å². The van der Waals surface area contributed by atoms with Gasteiger partial charge in [0.1, 0.15) is 0 Å². The molecular weight excluding hydrogens is 410 g/mol. The highest BCUT2D eigenvalue weighted by molar-refractivity contribution is 9.10. The number of carbonyl (C=O) groups excluding carboxylic acids is 1. The summed E-state index contributed by atoms with van der Waals surface area (Å²) >= 11 is 3.35. The first-order valence-corrected chi connectivity index (χ1v) is 9.38. The molecule has 1 unspecified atom stereocenters. The van der Waals surface area contributed by atoms with E-state index in [-0.39, 0.29) is 12.0 Å². The minimum atomic E-state index is -0.221. The first-order chi connectivity index (χ1) is 13.2. The van der Waals surface area contributed by atoms with Crippen molar-refractivity contribution in [3.8, 4) is 5.82 Å². The number of nitrogens with one attached hydrogen (secondary N) is 2. The van der Waals surface area contributed by atoms with Crippen LogP contribution in [-0.2, 0) is 4.74 Å². The van der Waals surface area contributed by atoms with E-state index in [9.17, 15) is 4.79 Å². The van der Waals surface area contributed by atoms with Crippen LogP contribution in [0.15, 0.2) is 59.5 Å². The standard InChI is InChI=1S/C19H18BrN5O2/c20-15-3-6-18(22-10-15)25-12-14(9-23-25)19(26)24-16-4-1-13(2-5-16)17-11-21-7-8-27-17/h1-6,9-10,12,17,21H,7-8,11H2,(H,24,26). The fourth-order valence-electron chi connectivity index (χ4n) is 2.83. The zero-order valence-electron chi connectivity index (χ0n) is 14.4. The molecule has 1 aliphatic heterocycles. The Labute approximate surface area is 164 Å². The number of halogens is 1. The molecule has 0 spiro atoms. The predicted molar refractivity (Wildman–Crippen MR) is 105 cm³/mol. The first-order valence-electron chi connectivity index (χ1n) is 8.59. The number of hydrogen-bond acceptors (Lipinski definition) is 5. The van der Waals surface area contributed by atoms with Crippen LogP contribution in [0.2, 0.25) is 0 Å². The molecule has 3 aromatic rings. The van der Waals surface area contributed by atoms with Gasteiger partial charge in [-0.3, -0.25) is 4.79 Å². The highest BCUT2D eigenvalue weighted by atomic mass is 79.9. The lowest BCUT2D eigenvalue weighted by molar-refractivity contribution is 0.0277. The number of amides is 1. The highest BCUT2D eigenvalue weighted by Gasteiger charge is 2.16. The molecule has 27 heavy (non-hydrogen) atoms. The fourth-order valence-corrected chi connectivity index (χ4v) is 3.07. The Kier molecular flexibility index (Phi) is 5.28. The summed E-state index contributed by atoms with van der Waals surface area (Å²) in [5.74, 6) is 0.421. The molecule has 138 valence electrons. The molecule has 7 nitrogen and oxygen atoms in total. The van der Waals surface area contributed by atoms with Gasteiger partial charge in [-0.1, -0.05) is 12.1 Å². The van der Waals surface area contributed by atoms with E-state index in [0.29, 0.717) is 18.0 Å². The Bertz CT molecular complexity index is 918. The van der Waals surface area contributed by atoms with Crippen LogP contribution in [0.4, 0.5) is 5.69 Å². The molecule has 1 aliphatic rings. The number of carbonyl (C=O) groups is 1. The molecule has 3 heterocycles. The summed E-state index contributed by atoms with van der Waals surface area (Å²) in [6, 6.07) is 11.4. The average molecular weight is 428 g/mol. The molecule has 4 rings (SSSR count). The monoisotopic (exact) mass is 427 g/mol. The van der Waals surface area contributed by atoms with Gasteiger partial charge in [0.25, 0.3) is 5.91 Å². The minimum Gasteiger partial charge on any atom is -0.371 e. The number of rotatable bonds is 4. The van der Waals surface area contributed by atoms with E-state index < -0.39 is 0 Å². The summed E-state index contributed by atoms with van der Waals surface area (Å²) in [5, 5.41) is 10.4. The maximum Gasteiger partial charge on any atom is 0.258 e. The quantitative estimate of drug-likeness (QED) is 0.668. The largest absolute Gasteiger partial charge is 0.371 e. The van der Waals surface area contributed by atoms with E-state index in [2.05, 4.69) is 36.6 Å². The van der Waals surface area contributed by atoms with E-state index in [0.717, 1.165) is 28.8 Å². The van der Waals surface area contributed by atoms with E-state index in [1.165, 1.54) is 6.20 Å². The molecule has 0 aliphatic carbocycles. The van der Waals surface area contributed by atoms with Gasteiger partial charge >= 0.3 is 0 Å². The van der Waals surface area contributed by atoms with Crippen molar-refractivity contribution >= 4 is 27.5 Å². The van der Waals surface area contributed by atoms with Crippen molar-refractivity contribution in [2.45, 2.75) is 6.10 Å². The minimum absolute atomic E-state index is 0.0557. The van der Waals surface area contributed by atoms with Gasteiger partial charge < -0.3 is 15.4 Å². The first kappa shape index (κ1) is 17.8. The summed E-state index contributed by atoms with van der Waals surface area (Å²) in [4.78, 5) is 16.7. The third kappa shape index (κ3) is 4.24. The number of morpholine rings is 1. The molecule has 2 N–H and O–H groups in total. The lowest BCUT2D eigenvalue weighted by Gasteiger charge is -2.24. The van der Waals surface area contributed by atoms with Crippen molar-refractivity contribution in [2.24, 2.45) is 0 Å². The average Bonchev–Trinajstić information content (AvgIpc) is 3.20. The molecule has 1 atom stereocenters. The molecule has 0 saturated carbocycles. The van der Waals surface area contributed by atoms with Crippen LogP contribution in [0, 0.1) is 0 Å². The Morgan fingerprint density at radius 2 is 2.07 bits per heavy atom. The Hall–Kier alpha value is -2.55. The van der Waals surface area contributed by atoms with Crippen LogP contribution in [-0.4, -0.2) is 40.4 Å². The Morgan fingerprint density at radius 1 is 1.22 bits per heavy atom. The van der Waals surface area contributed by atoms with Gasteiger partial charge in [-0.25, -0.2) is 9.67 Å².